The number of aryl methyl sites for hydroxylation is 2. The van der Waals surface area contributed by atoms with Gasteiger partial charge in [0.05, 0.1) is 85.0 Å². The van der Waals surface area contributed by atoms with Gasteiger partial charge in [0.2, 0.25) is 23.7 Å². The molecule has 0 spiro atoms. The van der Waals surface area contributed by atoms with Gasteiger partial charge in [-0.2, -0.15) is 59.7 Å². The molecule has 0 fully saturated rings. The second-order valence-electron chi connectivity index (χ2n) is 18.2. The minimum absolute atomic E-state index is 0.0715. The highest BCUT2D eigenvalue weighted by molar-refractivity contribution is 7.94. The van der Waals surface area contributed by atoms with Crippen LogP contribution in [0.5, 0.6) is 29.3 Å². The number of carbonyl (C=O) groups excluding carboxylic acids is 3. The molecule has 0 saturated heterocycles. The van der Waals surface area contributed by atoms with Gasteiger partial charge in [0.1, 0.15) is 30.5 Å². The van der Waals surface area contributed by atoms with Crippen molar-refractivity contribution >= 4 is 97.6 Å². The zero-order valence-electron chi connectivity index (χ0n) is 50.1. The number of aromatic carboxylic acids is 1. The molecule has 94 heavy (non-hydrogen) atoms. The summed E-state index contributed by atoms with van der Waals surface area (Å²) in [6.45, 7) is 1.02. The number of aliphatic carboxylic acids is 1. The third-order valence-corrected chi connectivity index (χ3v) is 13.6. The van der Waals surface area contributed by atoms with Crippen LogP contribution in [0.25, 0.3) is 0 Å². The average Bonchev–Trinajstić information content (AvgIpc) is 0.824. The fraction of sp³-hybridized carbons (Fsp3) is 0.300. The third kappa shape index (κ3) is 29.1. The first-order valence-electron chi connectivity index (χ1n) is 25.2. The van der Waals surface area contributed by atoms with Crippen molar-refractivity contribution in [2.45, 2.75) is 42.0 Å². The van der Waals surface area contributed by atoms with Crippen LogP contribution in [0.3, 0.4) is 0 Å². The second-order valence-corrected chi connectivity index (χ2v) is 25.9. The minimum atomic E-state index is -4.58. The molecule has 1 unspecified atom stereocenters. The number of methoxy groups -OCH3 is 3. The number of benzene rings is 3. The molecule has 3 aromatic carbocycles. The number of alkyl halides is 6. The molecular formula is C50H57ClF6N13O20PS3. The summed E-state index contributed by atoms with van der Waals surface area (Å²) in [4.78, 5) is 109. The summed E-state index contributed by atoms with van der Waals surface area (Å²) in [5.41, 5.74) is -2.51. The fourth-order valence-electron chi connectivity index (χ4n) is 6.23. The summed E-state index contributed by atoms with van der Waals surface area (Å²) < 4.78 is 158. The zero-order chi connectivity index (χ0) is 71.7. The maximum atomic E-state index is 12.6. The van der Waals surface area contributed by atoms with Crippen LogP contribution in [-0.4, -0.2) is 175 Å². The van der Waals surface area contributed by atoms with Crippen molar-refractivity contribution in [2.75, 3.05) is 77.7 Å². The highest BCUT2D eigenvalue weighted by Gasteiger charge is 2.32. The molecule has 3 heterocycles. The predicted molar refractivity (Wildman–Crippen MR) is 320 cm³/mol. The lowest BCUT2D eigenvalue weighted by atomic mass is 10.1. The molecule has 1 atom stereocenters. The Hall–Kier alpha value is -9.32. The largest absolute Gasteiger partial charge is 0.778 e. The maximum Gasteiger partial charge on any atom is 0.416 e. The first kappa shape index (κ1) is 80.8. The molecule has 0 saturated carbocycles. The number of ether oxygens (including phenoxy) is 4. The monoisotopic (exact) mass is 1440 g/mol. The first-order valence-corrected chi connectivity index (χ1v) is 32.7. The molecule has 514 valence electrons. The zero-order valence-corrected chi connectivity index (χ0v) is 54.2. The number of hydrogen-bond donors (Lipinski definition) is 8. The van der Waals surface area contributed by atoms with E-state index in [1.165, 1.54) is 89.8 Å². The molecule has 0 aliphatic carbocycles. The van der Waals surface area contributed by atoms with E-state index in [1.807, 2.05) is 5.32 Å². The van der Waals surface area contributed by atoms with Gasteiger partial charge in [-0.1, -0.05) is 29.8 Å². The van der Waals surface area contributed by atoms with Gasteiger partial charge in [-0.3, -0.25) is 35.7 Å². The van der Waals surface area contributed by atoms with E-state index in [0.717, 1.165) is 36.4 Å². The van der Waals surface area contributed by atoms with Crippen LogP contribution in [0.1, 0.15) is 44.1 Å². The van der Waals surface area contributed by atoms with Crippen molar-refractivity contribution in [2.24, 2.45) is 0 Å². The number of aromatic nitrogens is 6. The van der Waals surface area contributed by atoms with E-state index in [-0.39, 0.29) is 63.1 Å². The number of carbonyl (C=O) groups is 5. The van der Waals surface area contributed by atoms with Crippen molar-refractivity contribution in [1.29, 1.82) is 0 Å². The van der Waals surface area contributed by atoms with Crippen molar-refractivity contribution < 1.29 is 116 Å². The van der Waals surface area contributed by atoms with Crippen LogP contribution in [0.15, 0.2) is 95.0 Å². The van der Waals surface area contributed by atoms with E-state index in [0.29, 0.717) is 17.0 Å². The molecule has 0 aliphatic heterocycles. The quantitative estimate of drug-likeness (QED) is 0.0149. The summed E-state index contributed by atoms with van der Waals surface area (Å²) in [6.07, 6.45) is -3.71. The highest BCUT2D eigenvalue weighted by Crippen LogP contribution is 2.37. The van der Waals surface area contributed by atoms with Gasteiger partial charge in [0.15, 0.2) is 5.03 Å². The van der Waals surface area contributed by atoms with Crippen LogP contribution >= 0.6 is 19.2 Å². The first-order chi connectivity index (χ1) is 43.4. The van der Waals surface area contributed by atoms with Crippen LogP contribution in [0.2, 0.25) is 5.02 Å². The van der Waals surface area contributed by atoms with E-state index in [4.69, 9.17) is 45.7 Å². The number of nitro groups is 1. The number of sulfonamides is 2. The number of rotatable bonds is 20. The molecule has 6 rings (SSSR count). The molecule has 3 aromatic heterocycles. The molecule has 44 heteroatoms. The van der Waals surface area contributed by atoms with E-state index in [9.17, 15) is 86.7 Å². The molecular weight excluding hydrogens is 1380 g/mol. The van der Waals surface area contributed by atoms with Crippen LogP contribution in [0, 0.1) is 17.0 Å². The molecule has 8 N–H and O–H groups in total. The Balaban J connectivity index is 0.000000436. The van der Waals surface area contributed by atoms with Crippen molar-refractivity contribution in [3.05, 3.63) is 128 Å². The molecule has 0 radical (unpaired) electrons. The van der Waals surface area contributed by atoms with Gasteiger partial charge in [-0.05, 0) is 72.3 Å². The number of hydrogen-bond acceptors (Lipinski definition) is 24. The normalized spacial score (nSPS) is 11.6. The lowest BCUT2D eigenvalue weighted by Crippen LogP contribution is -2.36. The Labute approximate surface area is 537 Å². The molecule has 0 bridgehead atoms. The van der Waals surface area contributed by atoms with Gasteiger partial charge in [-0.15, -0.1) is 0 Å². The summed E-state index contributed by atoms with van der Waals surface area (Å²) in [5.74, 6) is -3.72. The Morgan fingerprint density at radius 2 is 1.33 bits per heavy atom. The lowest BCUT2D eigenvalue weighted by molar-refractivity contribution is -0.385. The molecule has 5 amide bonds. The molecule has 0 aliphatic rings. The predicted octanol–water partition coefficient (Wildman–Crippen LogP) is 5.71. The number of urea groups is 2. The van der Waals surface area contributed by atoms with Crippen molar-refractivity contribution in [3.8, 4) is 29.3 Å². The topological polar surface area (TPSA) is 475 Å². The Morgan fingerprint density at radius 3 is 1.82 bits per heavy atom. The smallest absolute Gasteiger partial charge is 0.416 e. The van der Waals surface area contributed by atoms with E-state index in [1.54, 1.807) is 9.44 Å². The summed E-state index contributed by atoms with van der Waals surface area (Å²) in [7, 11) is -5.70. The van der Waals surface area contributed by atoms with Gasteiger partial charge in [-0.25, -0.2) is 37.2 Å². The standard InChI is InChI=1S/C15H16F3N5O4S.C15H18N6O6S.C14H7ClF3NO5.C3H8NO5P.C3H9S/c1-9-19-12(22-14(20-9)27-2)21-13(24)23-28(25,26)11-6-4-3-5-10(11)7-8-15(16,17)18;1-21(2)13(22)9-6-5-7-16-12(9)28(24,25)20-15(23)19-14-17-10(26-3)8-11(18-14)27-4;15-10-5-7(14(16,17)18)1-4-12(10)24-8-2-3-11(19(22)23)9(6-8)13(20)21;5-3(6)1-4-2-10(7,8)9;1-4(2)3/h3-6H,7-8H2,1-2H3,(H2,19,20,21,22,23,24);5-8H,1-4H3,(H2,17,18,19,20,23);1-6H,(H,20,21);4H,1-2H2,(H,5,6)(H2,7,8,9);1-3H3/q;;;;+1/p-1. The number of nitrogens with one attached hydrogen (secondary N) is 5. The summed E-state index contributed by atoms with van der Waals surface area (Å²) in [6, 6.07) is 12.0. The molecule has 33 nitrogen and oxygen atoms in total. The third-order valence-electron chi connectivity index (χ3n) is 9.98. The summed E-state index contributed by atoms with van der Waals surface area (Å²) in [5, 5.41) is 33.0. The number of pyridine rings is 1. The number of nitro benzene ring substituents is 1. The van der Waals surface area contributed by atoms with Crippen molar-refractivity contribution in [1.82, 2.24) is 49.6 Å². The van der Waals surface area contributed by atoms with Gasteiger partial charge >= 0.3 is 42.4 Å². The number of carboxylic acid groups (broad SMARTS) is 2. The second kappa shape index (κ2) is 36.2. The Bertz CT molecular complexity index is 3910. The average molecular weight is 1440 g/mol. The number of amides is 5. The Kier molecular flexibility index (Phi) is 31.1. The lowest BCUT2D eigenvalue weighted by Gasteiger charge is -2.14. The maximum absolute atomic E-state index is 12.6. The highest BCUT2D eigenvalue weighted by atomic mass is 35.5. The van der Waals surface area contributed by atoms with E-state index < -0.39 is 127 Å². The Morgan fingerprint density at radius 1 is 0.766 bits per heavy atom. The minimum Gasteiger partial charge on any atom is -0.778 e. The fourth-order valence-corrected chi connectivity index (χ4v) is 9.06. The number of nitrogens with zero attached hydrogens (tertiary/aromatic N) is 8. The van der Waals surface area contributed by atoms with E-state index >= 15 is 0 Å². The summed E-state index contributed by atoms with van der Waals surface area (Å²) >= 11 is 5.72. The van der Waals surface area contributed by atoms with Gasteiger partial charge in [0, 0.05) is 38.8 Å². The van der Waals surface area contributed by atoms with Crippen molar-refractivity contribution in [3.63, 3.8) is 0 Å². The number of anilines is 2. The SMILES string of the molecule is COc1cc(OC)nc(NC(=O)NS(=O)(=O)c2ncccc2C(=O)N(C)C)n1.COc1nc(C)nc(NC(=O)NS(=O)(=O)c2ccccc2CCC(F)(F)F)n1.C[S+](C)C.O=C(O)CNCP(=O)([O-])O.O=C(O)c1cc(Oc2ccc(C(F)(F)F)cc2Cl)ccc1[N+](=O)[O-]. The molecule has 6 aromatic rings. The van der Waals surface area contributed by atoms with E-state index in [2.05, 4.69) is 59.3 Å². The van der Waals surface area contributed by atoms with Crippen LogP contribution in [-0.2, 0) is 52.9 Å². The number of halogens is 7. The van der Waals surface area contributed by atoms with Crippen LogP contribution < -0.4 is 49.2 Å². The van der Waals surface area contributed by atoms with Gasteiger partial charge < -0.3 is 48.4 Å². The van der Waals surface area contributed by atoms with Gasteiger partial charge in [0.25, 0.3) is 31.6 Å². The number of carboxylic acids is 2. The van der Waals surface area contributed by atoms with Crippen LogP contribution in [0.4, 0.5) is 53.5 Å².